The van der Waals surface area contributed by atoms with E-state index in [-0.39, 0.29) is 5.91 Å². The summed E-state index contributed by atoms with van der Waals surface area (Å²) in [7, 11) is 0. The van der Waals surface area contributed by atoms with Crippen LogP contribution in [0.25, 0.3) is 33.2 Å². The maximum absolute atomic E-state index is 12.7. The molecule has 5 aromatic rings. The number of likely N-dealkylation sites (tertiary alicyclic amines) is 1. The van der Waals surface area contributed by atoms with Crippen molar-refractivity contribution in [3.8, 4) is 11.3 Å². The van der Waals surface area contributed by atoms with Crippen molar-refractivity contribution < 1.29 is 4.79 Å². The first kappa shape index (κ1) is 25.9. The summed E-state index contributed by atoms with van der Waals surface area (Å²) in [4.78, 5) is 36.3. The number of rotatable bonds is 10. The molecule has 0 saturated carbocycles. The number of anilines is 1. The number of aromatic amines is 1. The van der Waals surface area contributed by atoms with Crippen molar-refractivity contribution in [2.75, 3.05) is 38.0 Å². The topological polar surface area (TPSA) is 112 Å². The standard InChI is InChI=1S/C31H34N8O/c40-31(35-15-9-22-7-12-32-13-8-22)30-37-26-6-5-23(19-29(26)38-30)27-20-28(24-21-33-14-10-25(24)36-27)34-11-4-18-39-16-2-1-3-17-39/h5-8,10,12-14,19-21H,1-4,9,11,15-18H2,(H,34,36)(H,35,40)(H,37,38). The van der Waals surface area contributed by atoms with Crippen molar-refractivity contribution in [2.45, 2.75) is 32.1 Å². The van der Waals surface area contributed by atoms with Crippen molar-refractivity contribution in [1.29, 1.82) is 0 Å². The van der Waals surface area contributed by atoms with Gasteiger partial charge in [-0.05, 0) is 87.3 Å². The number of carbonyl (C=O) groups excluding carboxylic acids is 1. The van der Waals surface area contributed by atoms with Crippen molar-refractivity contribution >= 4 is 33.5 Å². The Hall–Kier alpha value is -4.37. The van der Waals surface area contributed by atoms with Gasteiger partial charge in [-0.15, -0.1) is 0 Å². The van der Waals surface area contributed by atoms with Crippen LogP contribution in [0, 0.1) is 0 Å². The van der Waals surface area contributed by atoms with Crippen molar-refractivity contribution in [1.82, 2.24) is 35.1 Å². The highest BCUT2D eigenvalue weighted by Gasteiger charge is 2.14. The van der Waals surface area contributed by atoms with Crippen LogP contribution in [0.15, 0.2) is 67.3 Å². The minimum atomic E-state index is -0.223. The molecule has 9 nitrogen and oxygen atoms in total. The predicted octanol–water partition coefficient (Wildman–Crippen LogP) is 4.83. The maximum atomic E-state index is 12.7. The number of pyridine rings is 3. The molecule has 1 amide bonds. The highest BCUT2D eigenvalue weighted by atomic mass is 16.2. The van der Waals surface area contributed by atoms with E-state index < -0.39 is 0 Å². The molecule has 0 unspecified atom stereocenters. The van der Waals surface area contributed by atoms with Crippen LogP contribution < -0.4 is 10.6 Å². The van der Waals surface area contributed by atoms with Gasteiger partial charge in [0.25, 0.3) is 5.91 Å². The minimum Gasteiger partial charge on any atom is -0.384 e. The third-order valence-electron chi connectivity index (χ3n) is 7.47. The van der Waals surface area contributed by atoms with Crippen LogP contribution in [-0.4, -0.2) is 68.5 Å². The van der Waals surface area contributed by atoms with E-state index >= 15 is 0 Å². The summed E-state index contributed by atoms with van der Waals surface area (Å²) in [5, 5.41) is 7.59. The van der Waals surface area contributed by atoms with Crippen LogP contribution in [0.5, 0.6) is 0 Å². The molecular weight excluding hydrogens is 500 g/mol. The first-order valence-electron chi connectivity index (χ1n) is 14.1. The molecule has 0 radical (unpaired) electrons. The van der Waals surface area contributed by atoms with Crippen molar-refractivity contribution in [2.24, 2.45) is 0 Å². The lowest BCUT2D eigenvalue weighted by Crippen LogP contribution is -2.31. The van der Waals surface area contributed by atoms with Crippen LogP contribution >= 0.6 is 0 Å². The van der Waals surface area contributed by atoms with Gasteiger partial charge in [-0.3, -0.25) is 14.8 Å². The number of piperidine rings is 1. The molecule has 5 heterocycles. The molecule has 1 fully saturated rings. The van der Waals surface area contributed by atoms with E-state index in [1.54, 1.807) is 18.6 Å². The number of fused-ring (bicyclic) bond motifs is 2. The first-order chi connectivity index (χ1) is 19.7. The van der Waals surface area contributed by atoms with Gasteiger partial charge in [-0.1, -0.05) is 12.5 Å². The lowest BCUT2D eigenvalue weighted by molar-refractivity contribution is 0.0945. The Balaban J connectivity index is 1.16. The van der Waals surface area contributed by atoms with Gasteiger partial charge >= 0.3 is 0 Å². The number of aromatic nitrogens is 5. The quantitative estimate of drug-likeness (QED) is 0.220. The molecule has 204 valence electrons. The van der Waals surface area contributed by atoms with Gasteiger partial charge in [0, 0.05) is 54.5 Å². The molecule has 3 N–H and O–H groups in total. The van der Waals surface area contributed by atoms with Crippen molar-refractivity contribution in [3.63, 3.8) is 0 Å². The number of nitrogens with zero attached hydrogens (tertiary/aromatic N) is 5. The Morgan fingerprint density at radius 3 is 2.62 bits per heavy atom. The van der Waals surface area contributed by atoms with Crippen LogP contribution in [0.3, 0.4) is 0 Å². The summed E-state index contributed by atoms with van der Waals surface area (Å²) in [5.74, 6) is 0.0784. The number of hydrogen-bond donors (Lipinski definition) is 3. The van der Waals surface area contributed by atoms with E-state index in [4.69, 9.17) is 4.98 Å². The molecule has 40 heavy (non-hydrogen) atoms. The summed E-state index contributed by atoms with van der Waals surface area (Å²) < 4.78 is 0. The zero-order valence-corrected chi connectivity index (χ0v) is 22.6. The number of carbonyl (C=O) groups is 1. The van der Waals surface area contributed by atoms with Crippen LogP contribution in [0.2, 0.25) is 0 Å². The maximum Gasteiger partial charge on any atom is 0.287 e. The van der Waals surface area contributed by atoms with E-state index in [9.17, 15) is 4.79 Å². The monoisotopic (exact) mass is 534 g/mol. The number of H-pyrrole nitrogens is 1. The Morgan fingerprint density at radius 2 is 1.75 bits per heavy atom. The lowest BCUT2D eigenvalue weighted by Gasteiger charge is -2.26. The number of hydrogen-bond acceptors (Lipinski definition) is 7. The SMILES string of the molecule is O=C(NCCc1ccncc1)c1nc2cc(-c3cc(NCCCN4CCCCC4)c4cnccc4n3)ccc2[nH]1. The molecule has 4 aromatic heterocycles. The van der Waals surface area contributed by atoms with Gasteiger partial charge in [0.15, 0.2) is 5.82 Å². The van der Waals surface area contributed by atoms with Crippen LogP contribution in [-0.2, 0) is 6.42 Å². The number of benzene rings is 1. The largest absolute Gasteiger partial charge is 0.384 e. The number of amides is 1. The first-order valence-corrected chi connectivity index (χ1v) is 14.1. The smallest absolute Gasteiger partial charge is 0.287 e. The van der Waals surface area contributed by atoms with Gasteiger partial charge in [0.05, 0.1) is 22.2 Å². The Bertz CT molecular complexity index is 1590. The molecule has 6 rings (SSSR count). The van der Waals surface area contributed by atoms with Gasteiger partial charge in [-0.25, -0.2) is 9.97 Å². The zero-order valence-electron chi connectivity index (χ0n) is 22.6. The summed E-state index contributed by atoms with van der Waals surface area (Å²) in [6.07, 6.45) is 13.0. The molecule has 1 aromatic carbocycles. The molecule has 1 aliphatic heterocycles. The van der Waals surface area contributed by atoms with Gasteiger partial charge < -0.3 is 20.5 Å². The third kappa shape index (κ3) is 6.10. The molecule has 0 bridgehead atoms. The predicted molar refractivity (Wildman–Crippen MR) is 158 cm³/mol. The van der Waals surface area contributed by atoms with Crippen LogP contribution in [0.1, 0.15) is 41.9 Å². The Morgan fingerprint density at radius 1 is 0.900 bits per heavy atom. The molecule has 1 saturated heterocycles. The van der Waals surface area contributed by atoms with Crippen LogP contribution in [0.4, 0.5) is 5.69 Å². The highest BCUT2D eigenvalue weighted by molar-refractivity contribution is 5.96. The fourth-order valence-electron chi connectivity index (χ4n) is 5.30. The van der Waals surface area contributed by atoms with E-state index in [2.05, 4.69) is 41.5 Å². The third-order valence-corrected chi connectivity index (χ3v) is 7.47. The molecule has 1 aliphatic rings. The Labute approximate surface area is 233 Å². The summed E-state index contributed by atoms with van der Waals surface area (Å²) in [6, 6.07) is 13.9. The average Bonchev–Trinajstić information content (AvgIpc) is 3.44. The molecule has 9 heteroatoms. The fourth-order valence-corrected chi connectivity index (χ4v) is 5.30. The fraction of sp³-hybridized carbons (Fsp3) is 0.323. The second-order valence-electron chi connectivity index (χ2n) is 10.3. The van der Waals surface area contributed by atoms with E-state index in [1.165, 1.54) is 32.4 Å². The van der Waals surface area contributed by atoms with E-state index in [1.807, 2.05) is 42.6 Å². The average molecular weight is 535 g/mol. The highest BCUT2D eigenvalue weighted by Crippen LogP contribution is 2.29. The summed E-state index contributed by atoms with van der Waals surface area (Å²) in [6.45, 7) is 4.97. The lowest BCUT2D eigenvalue weighted by atomic mass is 10.1. The second kappa shape index (κ2) is 12.2. The van der Waals surface area contributed by atoms with E-state index in [0.29, 0.717) is 12.4 Å². The van der Waals surface area contributed by atoms with Gasteiger partial charge in [-0.2, -0.15) is 0 Å². The van der Waals surface area contributed by atoms with Gasteiger partial charge in [0.1, 0.15) is 0 Å². The summed E-state index contributed by atoms with van der Waals surface area (Å²) in [5.41, 5.74) is 6.38. The minimum absolute atomic E-state index is 0.223. The molecule has 0 aliphatic carbocycles. The number of nitrogens with one attached hydrogen (secondary N) is 3. The molecular formula is C31H34N8O. The van der Waals surface area contributed by atoms with Crippen molar-refractivity contribution in [3.05, 3.63) is 78.6 Å². The zero-order chi connectivity index (χ0) is 27.1. The normalized spacial score (nSPS) is 14.0. The Kier molecular flexibility index (Phi) is 7.90. The number of imidazole rings is 1. The van der Waals surface area contributed by atoms with E-state index in [0.717, 1.165) is 70.4 Å². The molecule has 0 atom stereocenters. The van der Waals surface area contributed by atoms with Gasteiger partial charge in [0.2, 0.25) is 0 Å². The molecule has 0 spiro atoms. The summed E-state index contributed by atoms with van der Waals surface area (Å²) >= 11 is 0. The second-order valence-corrected chi connectivity index (χ2v) is 10.3.